The number of aryl methyl sites for hydroxylation is 1. The highest BCUT2D eigenvalue weighted by molar-refractivity contribution is 14.0. The van der Waals surface area contributed by atoms with E-state index in [9.17, 15) is 8.42 Å². The van der Waals surface area contributed by atoms with Crippen molar-refractivity contribution in [2.24, 2.45) is 4.99 Å². The molecule has 0 amide bonds. The minimum Gasteiger partial charge on any atom is -0.354 e. The monoisotopic (exact) mass is 495 g/mol. The molecule has 1 saturated carbocycles. The van der Waals surface area contributed by atoms with Gasteiger partial charge in [0.15, 0.2) is 15.8 Å². The van der Waals surface area contributed by atoms with Crippen LogP contribution in [0.2, 0.25) is 0 Å². The second-order valence-corrected chi connectivity index (χ2v) is 9.74. The molecule has 148 valence electrons. The van der Waals surface area contributed by atoms with E-state index in [-0.39, 0.29) is 29.7 Å². The van der Waals surface area contributed by atoms with Crippen LogP contribution in [0.4, 0.5) is 0 Å². The Hall–Kier alpha value is -0.840. The van der Waals surface area contributed by atoms with Gasteiger partial charge in [0.2, 0.25) is 0 Å². The van der Waals surface area contributed by atoms with Gasteiger partial charge in [-0.15, -0.1) is 24.0 Å². The van der Waals surface area contributed by atoms with E-state index in [0.29, 0.717) is 19.6 Å². The molecule has 1 aliphatic carbocycles. The summed E-state index contributed by atoms with van der Waals surface area (Å²) in [4.78, 5) is 6.51. The predicted molar refractivity (Wildman–Crippen MR) is 115 cm³/mol. The Balaban J connectivity index is 0.00000243. The van der Waals surface area contributed by atoms with Crippen LogP contribution in [0.1, 0.15) is 37.7 Å². The Morgan fingerprint density at radius 1 is 1.35 bits per heavy atom. The Kier molecular flexibility index (Phi) is 7.35. The number of nitrogens with one attached hydrogen (secondary N) is 1. The van der Waals surface area contributed by atoms with Crippen LogP contribution >= 0.6 is 24.0 Å². The number of guanidine groups is 1. The molecule has 1 N–H and O–H groups in total. The van der Waals surface area contributed by atoms with Crippen molar-refractivity contribution >= 4 is 39.8 Å². The van der Waals surface area contributed by atoms with Gasteiger partial charge in [-0.05, 0) is 25.3 Å². The Labute approximate surface area is 173 Å². The first kappa shape index (κ1) is 21.5. The molecule has 0 aromatic carbocycles. The molecule has 1 aromatic heterocycles. The summed E-state index contributed by atoms with van der Waals surface area (Å²) in [5.74, 6) is 1.02. The quantitative estimate of drug-likeness (QED) is 0.393. The standard InChI is InChI=1S/C17H29N5O2S.HI/c1-15-12-20-22(13-15)9-8-19-16(18-2)21-10-11-25(23,24)17(14-21)6-4-3-5-7-17;/h12-13H,3-11,14H2,1-2H3,(H,18,19);1H. The van der Waals surface area contributed by atoms with Gasteiger partial charge in [-0.3, -0.25) is 9.67 Å². The van der Waals surface area contributed by atoms with Gasteiger partial charge in [0.1, 0.15) is 0 Å². The van der Waals surface area contributed by atoms with Crippen molar-refractivity contribution < 1.29 is 8.42 Å². The van der Waals surface area contributed by atoms with Gasteiger partial charge in [0, 0.05) is 32.9 Å². The third kappa shape index (κ3) is 4.52. The van der Waals surface area contributed by atoms with Crippen LogP contribution in [0.3, 0.4) is 0 Å². The SMILES string of the molecule is CN=C(NCCn1cc(C)cn1)N1CCS(=O)(=O)C2(CCCCC2)C1.I. The first-order valence-electron chi connectivity index (χ1n) is 9.13. The van der Waals surface area contributed by atoms with Crippen LogP contribution in [0.25, 0.3) is 0 Å². The third-order valence-electron chi connectivity index (χ3n) is 5.43. The van der Waals surface area contributed by atoms with E-state index in [1.165, 1.54) is 0 Å². The average Bonchev–Trinajstić information content (AvgIpc) is 3.01. The van der Waals surface area contributed by atoms with Crippen molar-refractivity contribution in [2.45, 2.75) is 50.3 Å². The summed E-state index contributed by atoms with van der Waals surface area (Å²) in [6, 6.07) is 0. The predicted octanol–water partition coefficient (Wildman–Crippen LogP) is 1.82. The van der Waals surface area contributed by atoms with Gasteiger partial charge in [-0.25, -0.2) is 8.42 Å². The smallest absolute Gasteiger partial charge is 0.193 e. The molecule has 26 heavy (non-hydrogen) atoms. The van der Waals surface area contributed by atoms with E-state index in [0.717, 1.165) is 50.2 Å². The second kappa shape index (κ2) is 8.90. The number of aromatic nitrogens is 2. The summed E-state index contributed by atoms with van der Waals surface area (Å²) < 4.78 is 26.8. The molecule has 1 aliphatic heterocycles. The normalized spacial score (nSPS) is 22.1. The molecular weight excluding hydrogens is 465 g/mol. The number of aliphatic imine (C=N–C) groups is 1. The summed E-state index contributed by atoms with van der Waals surface area (Å²) in [6.45, 7) is 4.57. The van der Waals surface area contributed by atoms with E-state index >= 15 is 0 Å². The maximum absolute atomic E-state index is 12.7. The summed E-state index contributed by atoms with van der Waals surface area (Å²) >= 11 is 0. The third-order valence-corrected chi connectivity index (χ3v) is 8.01. The van der Waals surface area contributed by atoms with E-state index in [4.69, 9.17) is 0 Å². The van der Waals surface area contributed by atoms with Crippen molar-refractivity contribution in [3.63, 3.8) is 0 Å². The highest BCUT2D eigenvalue weighted by Gasteiger charge is 2.48. The number of nitrogens with zero attached hydrogens (tertiary/aromatic N) is 4. The number of hydrogen-bond acceptors (Lipinski definition) is 4. The van der Waals surface area contributed by atoms with Crippen molar-refractivity contribution in [3.05, 3.63) is 18.0 Å². The minimum absolute atomic E-state index is 0. The molecule has 3 rings (SSSR count). The van der Waals surface area contributed by atoms with Crippen LogP contribution < -0.4 is 5.32 Å². The molecule has 0 unspecified atom stereocenters. The van der Waals surface area contributed by atoms with Crippen LogP contribution in [0.15, 0.2) is 17.4 Å². The molecule has 1 spiro atoms. The molecule has 9 heteroatoms. The largest absolute Gasteiger partial charge is 0.354 e. The minimum atomic E-state index is -3.02. The van der Waals surface area contributed by atoms with Gasteiger partial charge in [-0.2, -0.15) is 5.10 Å². The highest BCUT2D eigenvalue weighted by atomic mass is 127. The number of halogens is 1. The van der Waals surface area contributed by atoms with Crippen molar-refractivity contribution in [3.8, 4) is 0 Å². The van der Waals surface area contributed by atoms with E-state index in [1.807, 2.05) is 24.0 Å². The fourth-order valence-corrected chi connectivity index (χ4v) is 6.18. The van der Waals surface area contributed by atoms with Crippen molar-refractivity contribution in [2.75, 3.05) is 32.4 Å². The lowest BCUT2D eigenvalue weighted by Crippen LogP contribution is -2.60. The van der Waals surface area contributed by atoms with Gasteiger partial charge in [-0.1, -0.05) is 19.3 Å². The van der Waals surface area contributed by atoms with Gasteiger partial charge < -0.3 is 10.2 Å². The molecule has 2 fully saturated rings. The van der Waals surface area contributed by atoms with Crippen LogP contribution in [-0.2, 0) is 16.4 Å². The van der Waals surface area contributed by atoms with Gasteiger partial charge in [0.05, 0.1) is 23.2 Å². The zero-order valence-corrected chi connectivity index (χ0v) is 18.8. The van der Waals surface area contributed by atoms with Crippen molar-refractivity contribution in [1.29, 1.82) is 0 Å². The Morgan fingerprint density at radius 3 is 2.69 bits per heavy atom. The molecule has 0 bridgehead atoms. The average molecular weight is 495 g/mol. The molecule has 7 nitrogen and oxygen atoms in total. The second-order valence-electron chi connectivity index (χ2n) is 7.24. The maximum Gasteiger partial charge on any atom is 0.193 e. The summed E-state index contributed by atoms with van der Waals surface area (Å²) in [7, 11) is -1.26. The lowest BCUT2D eigenvalue weighted by Gasteiger charge is -2.45. The number of rotatable bonds is 3. The van der Waals surface area contributed by atoms with Gasteiger partial charge >= 0.3 is 0 Å². The van der Waals surface area contributed by atoms with E-state index < -0.39 is 14.6 Å². The zero-order valence-electron chi connectivity index (χ0n) is 15.6. The van der Waals surface area contributed by atoms with Crippen LogP contribution in [0.5, 0.6) is 0 Å². The number of sulfone groups is 1. The number of hydrogen-bond donors (Lipinski definition) is 1. The first-order chi connectivity index (χ1) is 12.0. The summed E-state index contributed by atoms with van der Waals surface area (Å²) in [5.41, 5.74) is 1.14. The van der Waals surface area contributed by atoms with Crippen LogP contribution in [-0.4, -0.2) is 66.2 Å². The van der Waals surface area contributed by atoms with E-state index in [2.05, 4.69) is 20.3 Å². The molecule has 0 radical (unpaired) electrons. The Morgan fingerprint density at radius 2 is 2.08 bits per heavy atom. The van der Waals surface area contributed by atoms with E-state index in [1.54, 1.807) is 7.05 Å². The lowest BCUT2D eigenvalue weighted by molar-refractivity contribution is 0.273. The molecule has 2 heterocycles. The van der Waals surface area contributed by atoms with Crippen LogP contribution in [0, 0.1) is 6.92 Å². The van der Waals surface area contributed by atoms with Gasteiger partial charge in [0.25, 0.3) is 0 Å². The Bertz CT molecular complexity index is 725. The molecular formula is C17H30IN5O2S. The first-order valence-corrected chi connectivity index (χ1v) is 10.8. The summed E-state index contributed by atoms with van der Waals surface area (Å²) in [5, 5.41) is 7.65. The molecule has 2 aliphatic rings. The lowest BCUT2D eigenvalue weighted by atomic mass is 9.87. The fraction of sp³-hybridized carbons (Fsp3) is 0.765. The molecule has 1 aromatic rings. The molecule has 0 atom stereocenters. The van der Waals surface area contributed by atoms with Crippen molar-refractivity contribution in [1.82, 2.24) is 20.0 Å². The zero-order chi connectivity index (χ0) is 17.9. The molecule has 1 saturated heterocycles. The fourth-order valence-electron chi connectivity index (χ4n) is 4.02. The highest BCUT2D eigenvalue weighted by Crippen LogP contribution is 2.38. The maximum atomic E-state index is 12.7. The topological polar surface area (TPSA) is 79.6 Å². The summed E-state index contributed by atoms with van der Waals surface area (Å²) in [6.07, 6.45) is 8.60.